The molecule has 0 aromatic rings. The molecule has 0 spiro atoms. The third-order valence-corrected chi connectivity index (χ3v) is 1.34. The van der Waals surface area contributed by atoms with E-state index in [9.17, 15) is 4.79 Å². The van der Waals surface area contributed by atoms with Crippen molar-refractivity contribution in [2.45, 2.75) is 13.8 Å². The molecule has 70 valence electrons. The molecule has 0 radical (unpaired) electrons. The lowest BCUT2D eigenvalue weighted by Gasteiger charge is -1.93. The molecule has 2 nitrogen and oxygen atoms in total. The summed E-state index contributed by atoms with van der Waals surface area (Å²) in [4.78, 5) is 10.6. The highest BCUT2D eigenvalue weighted by molar-refractivity contribution is 5.94. The maximum absolute atomic E-state index is 10.6. The number of hydrogen-bond acceptors (Lipinski definition) is 1. The second kappa shape index (κ2) is 5.14. The number of hydrogen-bond donors (Lipinski definition) is 1. The second-order valence-electron chi connectivity index (χ2n) is 2.96. The van der Waals surface area contributed by atoms with E-state index in [0.29, 0.717) is 5.57 Å². The molecule has 0 bridgehead atoms. The Labute approximate surface area is 79.1 Å². The summed E-state index contributed by atoms with van der Waals surface area (Å²) >= 11 is 0. The molecule has 1 amide bonds. The van der Waals surface area contributed by atoms with Crippen LogP contribution in [0.1, 0.15) is 13.8 Å². The SMILES string of the molecule is C=C(C)/C=C(C)\C=C/C(=C)C(N)=O. The van der Waals surface area contributed by atoms with Crippen molar-refractivity contribution < 1.29 is 4.79 Å². The van der Waals surface area contributed by atoms with Crippen LogP contribution < -0.4 is 5.73 Å². The van der Waals surface area contributed by atoms with Gasteiger partial charge < -0.3 is 5.73 Å². The molecule has 0 unspecified atom stereocenters. The van der Waals surface area contributed by atoms with Gasteiger partial charge in [-0.15, -0.1) is 0 Å². The van der Waals surface area contributed by atoms with E-state index >= 15 is 0 Å². The van der Waals surface area contributed by atoms with Crippen molar-refractivity contribution in [1.29, 1.82) is 0 Å². The quantitative estimate of drug-likeness (QED) is 0.518. The van der Waals surface area contributed by atoms with Crippen molar-refractivity contribution in [2.75, 3.05) is 0 Å². The Kier molecular flexibility index (Phi) is 4.52. The molecule has 0 aliphatic rings. The number of primary amides is 1. The maximum atomic E-state index is 10.6. The van der Waals surface area contributed by atoms with Crippen molar-refractivity contribution >= 4 is 5.91 Å². The van der Waals surface area contributed by atoms with Crippen LogP contribution in [0.4, 0.5) is 0 Å². The summed E-state index contributed by atoms with van der Waals surface area (Å²) in [7, 11) is 0. The summed E-state index contributed by atoms with van der Waals surface area (Å²) in [5.74, 6) is -0.501. The lowest BCUT2D eigenvalue weighted by Crippen LogP contribution is -2.11. The molecule has 0 fully saturated rings. The molecular weight excluding hydrogens is 162 g/mol. The first-order valence-electron chi connectivity index (χ1n) is 3.94. The fraction of sp³-hybridized carbons (Fsp3) is 0.182. The first-order chi connectivity index (χ1) is 5.93. The summed E-state index contributed by atoms with van der Waals surface area (Å²) in [6.07, 6.45) is 5.28. The monoisotopic (exact) mass is 177 g/mol. The van der Waals surface area contributed by atoms with Gasteiger partial charge in [-0.3, -0.25) is 4.79 Å². The normalized spacial score (nSPS) is 11.7. The van der Waals surface area contributed by atoms with Crippen LogP contribution in [-0.2, 0) is 4.79 Å². The first-order valence-corrected chi connectivity index (χ1v) is 3.94. The van der Waals surface area contributed by atoms with Crippen LogP contribution in [0.2, 0.25) is 0 Å². The second-order valence-corrected chi connectivity index (χ2v) is 2.96. The van der Waals surface area contributed by atoms with E-state index in [1.165, 1.54) is 0 Å². The van der Waals surface area contributed by atoms with Gasteiger partial charge in [0, 0.05) is 5.57 Å². The van der Waals surface area contributed by atoms with Crippen molar-refractivity contribution in [1.82, 2.24) is 0 Å². The first kappa shape index (κ1) is 11.4. The minimum absolute atomic E-state index is 0.300. The summed E-state index contributed by atoms with van der Waals surface area (Å²) in [5.41, 5.74) is 7.27. The van der Waals surface area contributed by atoms with E-state index in [2.05, 4.69) is 13.2 Å². The van der Waals surface area contributed by atoms with Crippen LogP contribution in [0.25, 0.3) is 0 Å². The van der Waals surface area contributed by atoms with Gasteiger partial charge in [0.05, 0.1) is 0 Å². The highest BCUT2D eigenvalue weighted by Crippen LogP contribution is 2.02. The number of carbonyl (C=O) groups is 1. The summed E-state index contributed by atoms with van der Waals surface area (Å²) in [6, 6.07) is 0. The van der Waals surface area contributed by atoms with Crippen molar-refractivity contribution in [3.63, 3.8) is 0 Å². The van der Waals surface area contributed by atoms with E-state index in [1.54, 1.807) is 12.2 Å². The zero-order valence-corrected chi connectivity index (χ0v) is 8.13. The predicted octanol–water partition coefficient (Wildman–Crippen LogP) is 2.11. The third-order valence-electron chi connectivity index (χ3n) is 1.34. The molecule has 0 aliphatic heterocycles. The van der Waals surface area contributed by atoms with Gasteiger partial charge in [-0.05, 0) is 19.9 Å². The molecule has 0 saturated carbocycles. The Morgan fingerprint density at radius 3 is 2.15 bits per heavy atom. The Hall–Kier alpha value is -1.57. The molecule has 0 atom stereocenters. The fourth-order valence-electron chi connectivity index (χ4n) is 0.751. The van der Waals surface area contributed by atoms with Crippen LogP contribution >= 0.6 is 0 Å². The molecule has 13 heavy (non-hydrogen) atoms. The van der Waals surface area contributed by atoms with E-state index < -0.39 is 5.91 Å². The van der Waals surface area contributed by atoms with E-state index in [0.717, 1.165) is 11.1 Å². The average molecular weight is 177 g/mol. The van der Waals surface area contributed by atoms with Gasteiger partial charge in [0.25, 0.3) is 0 Å². The Balaban J connectivity index is 4.36. The Morgan fingerprint density at radius 1 is 1.23 bits per heavy atom. The zero-order valence-electron chi connectivity index (χ0n) is 8.13. The van der Waals surface area contributed by atoms with Gasteiger partial charge in [-0.2, -0.15) is 0 Å². The summed E-state index contributed by atoms with van der Waals surface area (Å²) in [6.45, 7) is 11.0. The molecule has 0 saturated heterocycles. The molecular formula is C11H15NO. The van der Waals surface area contributed by atoms with Gasteiger partial charge in [-0.25, -0.2) is 0 Å². The molecule has 0 rings (SSSR count). The maximum Gasteiger partial charge on any atom is 0.248 e. The average Bonchev–Trinajstić information content (AvgIpc) is 1.98. The largest absolute Gasteiger partial charge is 0.366 e. The van der Waals surface area contributed by atoms with Crippen LogP contribution in [0.15, 0.2) is 48.1 Å². The van der Waals surface area contributed by atoms with Crippen LogP contribution in [0, 0.1) is 0 Å². The van der Waals surface area contributed by atoms with Gasteiger partial charge >= 0.3 is 0 Å². The Morgan fingerprint density at radius 2 is 1.77 bits per heavy atom. The van der Waals surface area contributed by atoms with Crippen LogP contribution in [-0.4, -0.2) is 5.91 Å². The molecule has 2 N–H and O–H groups in total. The lowest BCUT2D eigenvalue weighted by atomic mass is 10.1. The van der Waals surface area contributed by atoms with Crippen molar-refractivity contribution in [3.8, 4) is 0 Å². The van der Waals surface area contributed by atoms with E-state index in [1.807, 2.05) is 19.9 Å². The Bertz CT molecular complexity index is 295. The van der Waals surface area contributed by atoms with Crippen molar-refractivity contribution in [2.24, 2.45) is 5.73 Å². The van der Waals surface area contributed by atoms with Crippen molar-refractivity contribution in [3.05, 3.63) is 48.1 Å². The number of amides is 1. The lowest BCUT2D eigenvalue weighted by molar-refractivity contribution is -0.114. The number of rotatable bonds is 4. The van der Waals surface area contributed by atoms with Crippen LogP contribution in [0.5, 0.6) is 0 Å². The highest BCUT2D eigenvalue weighted by Gasteiger charge is 1.94. The van der Waals surface area contributed by atoms with Gasteiger partial charge in [0.15, 0.2) is 0 Å². The van der Waals surface area contributed by atoms with E-state index in [4.69, 9.17) is 5.73 Å². The summed E-state index contributed by atoms with van der Waals surface area (Å²) in [5, 5.41) is 0. The minimum atomic E-state index is -0.501. The number of nitrogens with two attached hydrogens (primary N) is 1. The molecule has 0 aromatic carbocycles. The third kappa shape index (κ3) is 5.67. The number of allylic oxidation sites excluding steroid dienone is 4. The fourth-order valence-corrected chi connectivity index (χ4v) is 0.751. The smallest absolute Gasteiger partial charge is 0.248 e. The standard InChI is InChI=1S/C11H15NO/c1-8(2)7-9(3)5-6-10(4)11(12)13/h5-7H,1,4H2,2-3H3,(H2,12,13)/b6-5-,9-7-. The van der Waals surface area contributed by atoms with E-state index in [-0.39, 0.29) is 0 Å². The minimum Gasteiger partial charge on any atom is -0.366 e. The highest BCUT2D eigenvalue weighted by atomic mass is 16.1. The van der Waals surface area contributed by atoms with Crippen LogP contribution in [0.3, 0.4) is 0 Å². The zero-order chi connectivity index (χ0) is 10.4. The van der Waals surface area contributed by atoms with Gasteiger partial charge in [0.1, 0.15) is 0 Å². The molecule has 0 heterocycles. The number of carbonyl (C=O) groups excluding carboxylic acids is 1. The van der Waals surface area contributed by atoms with Gasteiger partial charge in [0.2, 0.25) is 5.91 Å². The topological polar surface area (TPSA) is 43.1 Å². The molecule has 0 aromatic heterocycles. The summed E-state index contributed by atoms with van der Waals surface area (Å²) < 4.78 is 0. The molecule has 2 heteroatoms. The van der Waals surface area contributed by atoms with Gasteiger partial charge in [-0.1, -0.05) is 36.5 Å². The molecule has 0 aliphatic carbocycles. The predicted molar refractivity (Wildman–Crippen MR) is 56.0 cm³/mol.